The molecule has 19 heavy (non-hydrogen) atoms. The number of anilines is 1. The molecule has 0 aromatic heterocycles. The van der Waals surface area contributed by atoms with E-state index < -0.39 is 11.7 Å². The molecule has 0 bridgehead atoms. The minimum Gasteiger partial charge on any atom is -0.371 e. The summed E-state index contributed by atoms with van der Waals surface area (Å²) in [6.07, 6.45) is -2.46. The van der Waals surface area contributed by atoms with Crippen molar-refractivity contribution in [3.63, 3.8) is 0 Å². The Morgan fingerprint density at radius 2 is 2.11 bits per heavy atom. The van der Waals surface area contributed by atoms with Crippen molar-refractivity contribution in [2.45, 2.75) is 19.0 Å². The zero-order valence-corrected chi connectivity index (χ0v) is 12.0. The third kappa shape index (κ3) is 3.42. The molecule has 1 atom stereocenters. The maximum absolute atomic E-state index is 13.0. The summed E-state index contributed by atoms with van der Waals surface area (Å²) in [6, 6.07) is 4.10. The van der Waals surface area contributed by atoms with Crippen LogP contribution in [0, 0.1) is 5.92 Å². The van der Waals surface area contributed by atoms with Gasteiger partial charge in [0.2, 0.25) is 0 Å². The van der Waals surface area contributed by atoms with Gasteiger partial charge in [0, 0.05) is 17.6 Å². The number of alkyl halides is 3. The standard InChI is InChI=1S/C13H16BrF3N2/c14-10-3-4-11(13(15,16)17)12(6-10)19-5-1-2-9(7-18)8-19/h3-4,6,9H,1-2,5,7-8,18H2. The van der Waals surface area contributed by atoms with E-state index in [1.165, 1.54) is 6.07 Å². The molecule has 106 valence electrons. The molecule has 2 N–H and O–H groups in total. The lowest BCUT2D eigenvalue weighted by atomic mass is 9.97. The van der Waals surface area contributed by atoms with Crippen molar-refractivity contribution in [2.24, 2.45) is 11.7 Å². The van der Waals surface area contributed by atoms with Gasteiger partial charge in [0.05, 0.1) is 11.3 Å². The summed E-state index contributed by atoms with van der Waals surface area (Å²) >= 11 is 3.24. The van der Waals surface area contributed by atoms with E-state index in [2.05, 4.69) is 15.9 Å². The molecule has 1 aromatic rings. The van der Waals surface area contributed by atoms with E-state index in [4.69, 9.17) is 5.73 Å². The Labute approximate surface area is 118 Å². The summed E-state index contributed by atoms with van der Waals surface area (Å²) in [5.41, 5.74) is 5.31. The van der Waals surface area contributed by atoms with Crippen LogP contribution in [0.2, 0.25) is 0 Å². The first-order chi connectivity index (χ1) is 8.91. The van der Waals surface area contributed by atoms with Gasteiger partial charge < -0.3 is 10.6 Å². The van der Waals surface area contributed by atoms with Gasteiger partial charge in [-0.1, -0.05) is 15.9 Å². The number of halogens is 4. The number of nitrogens with zero attached hydrogens (tertiary/aromatic N) is 1. The summed E-state index contributed by atoms with van der Waals surface area (Å²) in [5, 5.41) is 0. The topological polar surface area (TPSA) is 29.3 Å². The van der Waals surface area contributed by atoms with Crippen LogP contribution in [0.1, 0.15) is 18.4 Å². The van der Waals surface area contributed by atoms with E-state index in [1.807, 2.05) is 0 Å². The summed E-state index contributed by atoms with van der Waals surface area (Å²) in [5.74, 6) is 0.272. The molecule has 1 aliphatic rings. The van der Waals surface area contributed by atoms with Crippen molar-refractivity contribution in [2.75, 3.05) is 24.5 Å². The Balaban J connectivity index is 2.34. The average molecular weight is 337 g/mol. The Bertz CT molecular complexity index is 448. The summed E-state index contributed by atoms with van der Waals surface area (Å²) in [6.45, 7) is 1.76. The van der Waals surface area contributed by atoms with Crippen LogP contribution in [-0.2, 0) is 6.18 Å². The fourth-order valence-corrected chi connectivity index (χ4v) is 2.83. The predicted molar refractivity (Wildman–Crippen MR) is 73.1 cm³/mol. The van der Waals surface area contributed by atoms with Crippen molar-refractivity contribution in [1.82, 2.24) is 0 Å². The second-order valence-electron chi connectivity index (χ2n) is 4.85. The molecule has 1 aromatic carbocycles. The van der Waals surface area contributed by atoms with E-state index in [9.17, 15) is 13.2 Å². The molecule has 0 aliphatic carbocycles. The highest BCUT2D eigenvalue weighted by molar-refractivity contribution is 9.10. The van der Waals surface area contributed by atoms with Gasteiger partial charge in [0.15, 0.2) is 0 Å². The summed E-state index contributed by atoms with van der Waals surface area (Å²) in [4.78, 5) is 1.80. The number of benzene rings is 1. The van der Waals surface area contributed by atoms with Crippen molar-refractivity contribution in [3.8, 4) is 0 Å². The second kappa shape index (κ2) is 5.71. The van der Waals surface area contributed by atoms with Crippen LogP contribution in [0.25, 0.3) is 0 Å². The minimum atomic E-state index is -4.33. The van der Waals surface area contributed by atoms with Gasteiger partial charge >= 0.3 is 6.18 Å². The fourth-order valence-electron chi connectivity index (χ4n) is 2.48. The Hall–Kier alpha value is -0.750. The molecule has 6 heteroatoms. The van der Waals surface area contributed by atoms with Gasteiger partial charge in [-0.3, -0.25) is 0 Å². The third-order valence-corrected chi connectivity index (χ3v) is 3.95. The zero-order chi connectivity index (χ0) is 14.0. The fraction of sp³-hybridized carbons (Fsp3) is 0.538. The van der Waals surface area contributed by atoms with Crippen LogP contribution in [0.5, 0.6) is 0 Å². The van der Waals surface area contributed by atoms with Crippen LogP contribution in [0.4, 0.5) is 18.9 Å². The van der Waals surface area contributed by atoms with Gasteiger partial charge in [-0.25, -0.2) is 0 Å². The lowest BCUT2D eigenvalue weighted by molar-refractivity contribution is -0.137. The maximum atomic E-state index is 13.0. The van der Waals surface area contributed by atoms with Crippen LogP contribution >= 0.6 is 15.9 Å². The lowest BCUT2D eigenvalue weighted by Gasteiger charge is -2.35. The number of hydrogen-bond acceptors (Lipinski definition) is 2. The van der Waals surface area contributed by atoms with Crippen LogP contribution in [-0.4, -0.2) is 19.6 Å². The minimum absolute atomic E-state index is 0.250. The molecule has 2 nitrogen and oxygen atoms in total. The van der Waals surface area contributed by atoms with Crippen molar-refractivity contribution in [1.29, 1.82) is 0 Å². The van der Waals surface area contributed by atoms with Gasteiger partial charge in [-0.05, 0) is 43.5 Å². The lowest BCUT2D eigenvalue weighted by Crippen LogP contribution is -2.39. The first-order valence-electron chi connectivity index (χ1n) is 6.23. The van der Waals surface area contributed by atoms with Crippen LogP contribution in [0.3, 0.4) is 0 Å². The smallest absolute Gasteiger partial charge is 0.371 e. The van der Waals surface area contributed by atoms with Gasteiger partial charge in [-0.15, -0.1) is 0 Å². The Morgan fingerprint density at radius 1 is 1.37 bits per heavy atom. The number of piperidine rings is 1. The number of rotatable bonds is 2. The SMILES string of the molecule is NCC1CCCN(c2cc(Br)ccc2C(F)(F)F)C1. The van der Waals surface area contributed by atoms with E-state index in [1.54, 1.807) is 11.0 Å². The first kappa shape index (κ1) is 14.7. The van der Waals surface area contributed by atoms with Crippen molar-refractivity contribution < 1.29 is 13.2 Å². The molecule has 2 rings (SSSR count). The number of nitrogens with two attached hydrogens (primary N) is 1. The first-order valence-corrected chi connectivity index (χ1v) is 7.03. The molecule has 1 aliphatic heterocycles. The Kier molecular flexibility index (Phi) is 4.40. The van der Waals surface area contributed by atoms with Gasteiger partial charge in [-0.2, -0.15) is 13.2 Å². The summed E-state index contributed by atoms with van der Waals surface area (Å²) < 4.78 is 39.8. The molecule has 1 unspecified atom stereocenters. The molecular formula is C13H16BrF3N2. The second-order valence-corrected chi connectivity index (χ2v) is 5.76. The highest BCUT2D eigenvalue weighted by Crippen LogP contribution is 2.39. The molecule has 0 radical (unpaired) electrons. The monoisotopic (exact) mass is 336 g/mol. The normalized spacial score (nSPS) is 20.7. The molecule has 1 fully saturated rings. The van der Waals surface area contributed by atoms with E-state index >= 15 is 0 Å². The largest absolute Gasteiger partial charge is 0.418 e. The van der Waals surface area contributed by atoms with E-state index in [0.717, 1.165) is 18.9 Å². The quantitative estimate of drug-likeness (QED) is 0.893. The Morgan fingerprint density at radius 3 is 2.74 bits per heavy atom. The molecular weight excluding hydrogens is 321 g/mol. The molecule has 1 saturated heterocycles. The predicted octanol–water partition coefficient (Wildman–Crippen LogP) is 3.64. The van der Waals surface area contributed by atoms with Crippen LogP contribution in [0.15, 0.2) is 22.7 Å². The highest BCUT2D eigenvalue weighted by Gasteiger charge is 2.35. The highest BCUT2D eigenvalue weighted by atomic mass is 79.9. The maximum Gasteiger partial charge on any atom is 0.418 e. The van der Waals surface area contributed by atoms with E-state index in [-0.39, 0.29) is 11.6 Å². The molecule has 0 saturated carbocycles. The van der Waals surface area contributed by atoms with E-state index in [0.29, 0.717) is 24.1 Å². The summed E-state index contributed by atoms with van der Waals surface area (Å²) in [7, 11) is 0. The molecule has 1 heterocycles. The molecule has 0 spiro atoms. The average Bonchev–Trinajstić information content (AvgIpc) is 2.37. The van der Waals surface area contributed by atoms with Gasteiger partial charge in [0.25, 0.3) is 0 Å². The zero-order valence-electron chi connectivity index (χ0n) is 10.4. The third-order valence-electron chi connectivity index (χ3n) is 3.46. The van der Waals surface area contributed by atoms with Crippen LogP contribution < -0.4 is 10.6 Å². The van der Waals surface area contributed by atoms with Crippen molar-refractivity contribution in [3.05, 3.63) is 28.2 Å². The van der Waals surface area contributed by atoms with Gasteiger partial charge in [0.1, 0.15) is 0 Å². The van der Waals surface area contributed by atoms with Crippen molar-refractivity contribution >= 4 is 21.6 Å². The molecule has 0 amide bonds. The number of hydrogen-bond donors (Lipinski definition) is 1.